The highest BCUT2D eigenvalue weighted by molar-refractivity contribution is 4.78. The minimum atomic E-state index is 0.541. The number of hydrogen-bond donors (Lipinski definition) is 1. The maximum atomic E-state index is 5.87. The van der Waals surface area contributed by atoms with Crippen molar-refractivity contribution in [1.29, 1.82) is 0 Å². The van der Waals surface area contributed by atoms with Crippen LogP contribution in [0.25, 0.3) is 0 Å². The molecule has 0 aromatic rings. The molecule has 0 radical (unpaired) electrons. The lowest BCUT2D eigenvalue weighted by Gasteiger charge is -2.32. The smallest absolute Gasteiger partial charge is 0.0592 e. The van der Waals surface area contributed by atoms with E-state index >= 15 is 0 Å². The van der Waals surface area contributed by atoms with E-state index in [1.165, 1.54) is 51.4 Å². The fourth-order valence-corrected chi connectivity index (χ4v) is 3.10. The van der Waals surface area contributed by atoms with E-state index in [1.807, 2.05) is 0 Å². The van der Waals surface area contributed by atoms with Crippen LogP contribution < -0.4 is 5.32 Å². The standard InChI is InChI=1S/C13H25NO/c1-14-12-7-8-15-13(10-12)9-11-5-3-2-4-6-11/h11-14H,2-10H2,1H3. The number of ether oxygens (including phenoxy) is 1. The molecular formula is C13H25NO. The summed E-state index contributed by atoms with van der Waals surface area (Å²) in [5.41, 5.74) is 0. The Morgan fingerprint density at radius 2 is 1.93 bits per heavy atom. The molecule has 0 aromatic carbocycles. The molecule has 0 amide bonds. The molecule has 0 bridgehead atoms. The lowest BCUT2D eigenvalue weighted by atomic mass is 9.84. The van der Waals surface area contributed by atoms with E-state index in [4.69, 9.17) is 4.74 Å². The van der Waals surface area contributed by atoms with Gasteiger partial charge in [0.1, 0.15) is 0 Å². The van der Waals surface area contributed by atoms with Gasteiger partial charge in [0, 0.05) is 12.6 Å². The van der Waals surface area contributed by atoms with Crippen LogP contribution in [0.2, 0.25) is 0 Å². The molecule has 1 aliphatic carbocycles. The largest absolute Gasteiger partial charge is 0.378 e. The Morgan fingerprint density at radius 3 is 2.67 bits per heavy atom. The fourth-order valence-electron chi connectivity index (χ4n) is 3.10. The third-order valence-electron chi connectivity index (χ3n) is 4.10. The summed E-state index contributed by atoms with van der Waals surface area (Å²) >= 11 is 0. The van der Waals surface area contributed by atoms with Gasteiger partial charge in [-0.3, -0.25) is 0 Å². The maximum Gasteiger partial charge on any atom is 0.0592 e. The fraction of sp³-hybridized carbons (Fsp3) is 1.00. The van der Waals surface area contributed by atoms with Crippen LogP contribution in [0, 0.1) is 5.92 Å². The molecule has 88 valence electrons. The van der Waals surface area contributed by atoms with Gasteiger partial charge in [-0.2, -0.15) is 0 Å². The van der Waals surface area contributed by atoms with E-state index in [0.29, 0.717) is 12.1 Å². The van der Waals surface area contributed by atoms with Crippen molar-refractivity contribution >= 4 is 0 Å². The molecule has 0 spiro atoms. The zero-order valence-corrected chi connectivity index (χ0v) is 10.0. The highest BCUT2D eigenvalue weighted by Crippen LogP contribution is 2.30. The first-order chi connectivity index (χ1) is 7.38. The van der Waals surface area contributed by atoms with Crippen LogP contribution in [0.3, 0.4) is 0 Å². The van der Waals surface area contributed by atoms with Crippen molar-refractivity contribution in [3.63, 3.8) is 0 Å². The molecule has 2 fully saturated rings. The van der Waals surface area contributed by atoms with Gasteiger partial charge in [0.2, 0.25) is 0 Å². The van der Waals surface area contributed by atoms with E-state index in [-0.39, 0.29) is 0 Å². The molecule has 2 aliphatic rings. The van der Waals surface area contributed by atoms with Crippen LogP contribution in [-0.4, -0.2) is 25.8 Å². The Kier molecular flexibility index (Phi) is 4.45. The van der Waals surface area contributed by atoms with Gasteiger partial charge in [-0.25, -0.2) is 0 Å². The molecule has 2 unspecified atom stereocenters. The molecule has 0 aromatic heterocycles. The molecule has 2 rings (SSSR count). The second kappa shape index (κ2) is 5.86. The number of hydrogen-bond acceptors (Lipinski definition) is 2. The van der Waals surface area contributed by atoms with Crippen LogP contribution in [0.15, 0.2) is 0 Å². The van der Waals surface area contributed by atoms with Gasteiger partial charge in [0.25, 0.3) is 0 Å². The van der Waals surface area contributed by atoms with Crippen molar-refractivity contribution in [2.24, 2.45) is 5.92 Å². The number of nitrogens with one attached hydrogen (secondary N) is 1. The zero-order valence-electron chi connectivity index (χ0n) is 10.0. The monoisotopic (exact) mass is 211 g/mol. The molecule has 1 heterocycles. The average molecular weight is 211 g/mol. The van der Waals surface area contributed by atoms with Gasteiger partial charge in [-0.15, -0.1) is 0 Å². The highest BCUT2D eigenvalue weighted by Gasteiger charge is 2.25. The zero-order chi connectivity index (χ0) is 10.5. The molecule has 2 atom stereocenters. The average Bonchev–Trinajstić information content (AvgIpc) is 2.31. The number of rotatable bonds is 3. The lowest BCUT2D eigenvalue weighted by molar-refractivity contribution is -0.0134. The summed E-state index contributed by atoms with van der Waals surface area (Å²) in [6, 6.07) is 0.701. The van der Waals surface area contributed by atoms with Crippen molar-refractivity contribution in [2.45, 2.75) is 63.5 Å². The summed E-state index contributed by atoms with van der Waals surface area (Å²) in [5, 5.41) is 3.39. The van der Waals surface area contributed by atoms with Gasteiger partial charge in [0.15, 0.2) is 0 Å². The van der Waals surface area contributed by atoms with Gasteiger partial charge < -0.3 is 10.1 Å². The van der Waals surface area contributed by atoms with Crippen molar-refractivity contribution in [3.05, 3.63) is 0 Å². The molecule has 1 saturated heterocycles. The summed E-state index contributed by atoms with van der Waals surface area (Å²) in [5.74, 6) is 0.958. The van der Waals surface area contributed by atoms with E-state index in [9.17, 15) is 0 Å². The Morgan fingerprint density at radius 1 is 1.13 bits per heavy atom. The Labute approximate surface area is 93.8 Å². The van der Waals surface area contributed by atoms with Gasteiger partial charge in [-0.05, 0) is 32.2 Å². The molecule has 1 aliphatic heterocycles. The predicted octanol–water partition coefficient (Wildman–Crippen LogP) is 2.72. The van der Waals surface area contributed by atoms with E-state index in [0.717, 1.165) is 12.5 Å². The van der Waals surface area contributed by atoms with Crippen molar-refractivity contribution < 1.29 is 4.74 Å². The van der Waals surface area contributed by atoms with Crippen LogP contribution in [0.4, 0.5) is 0 Å². The first kappa shape index (κ1) is 11.4. The minimum Gasteiger partial charge on any atom is -0.378 e. The molecule has 15 heavy (non-hydrogen) atoms. The maximum absolute atomic E-state index is 5.87. The SMILES string of the molecule is CNC1CCOC(CC2CCCCC2)C1. The van der Waals surface area contributed by atoms with Crippen molar-refractivity contribution in [3.8, 4) is 0 Å². The highest BCUT2D eigenvalue weighted by atomic mass is 16.5. The van der Waals surface area contributed by atoms with Crippen LogP contribution in [0.1, 0.15) is 51.4 Å². The second-order valence-electron chi connectivity index (χ2n) is 5.24. The summed E-state index contributed by atoms with van der Waals surface area (Å²) in [6.07, 6.45) is 11.5. The van der Waals surface area contributed by atoms with Gasteiger partial charge in [0.05, 0.1) is 6.10 Å². The molecule has 2 heteroatoms. The summed E-state index contributed by atoms with van der Waals surface area (Å²) < 4.78 is 5.87. The summed E-state index contributed by atoms with van der Waals surface area (Å²) in [7, 11) is 2.08. The molecular weight excluding hydrogens is 186 g/mol. The lowest BCUT2D eigenvalue weighted by Crippen LogP contribution is -2.37. The first-order valence-corrected chi connectivity index (χ1v) is 6.67. The molecule has 2 nitrogen and oxygen atoms in total. The minimum absolute atomic E-state index is 0.541. The Bertz CT molecular complexity index is 177. The quantitative estimate of drug-likeness (QED) is 0.775. The Balaban J connectivity index is 1.72. The normalized spacial score (nSPS) is 34.2. The topological polar surface area (TPSA) is 21.3 Å². The van der Waals surface area contributed by atoms with Crippen LogP contribution in [0.5, 0.6) is 0 Å². The van der Waals surface area contributed by atoms with Crippen LogP contribution in [-0.2, 0) is 4.74 Å². The Hall–Kier alpha value is -0.0800. The van der Waals surface area contributed by atoms with E-state index in [2.05, 4.69) is 12.4 Å². The third-order valence-corrected chi connectivity index (χ3v) is 4.10. The van der Waals surface area contributed by atoms with Crippen LogP contribution >= 0.6 is 0 Å². The predicted molar refractivity (Wildman–Crippen MR) is 63.0 cm³/mol. The van der Waals surface area contributed by atoms with Crippen molar-refractivity contribution in [1.82, 2.24) is 5.32 Å². The first-order valence-electron chi connectivity index (χ1n) is 6.67. The summed E-state index contributed by atoms with van der Waals surface area (Å²) in [4.78, 5) is 0. The third kappa shape index (κ3) is 3.46. The summed E-state index contributed by atoms with van der Waals surface area (Å²) in [6.45, 7) is 0.961. The second-order valence-corrected chi connectivity index (χ2v) is 5.24. The van der Waals surface area contributed by atoms with Gasteiger partial charge >= 0.3 is 0 Å². The van der Waals surface area contributed by atoms with E-state index < -0.39 is 0 Å². The van der Waals surface area contributed by atoms with Crippen molar-refractivity contribution in [2.75, 3.05) is 13.7 Å². The van der Waals surface area contributed by atoms with E-state index in [1.54, 1.807) is 0 Å². The van der Waals surface area contributed by atoms with Gasteiger partial charge in [-0.1, -0.05) is 32.1 Å². The molecule has 1 saturated carbocycles. The molecule has 1 N–H and O–H groups in total.